The Kier molecular flexibility index (Phi) is 7.82. The molecule has 9 heteroatoms. The molecule has 45 heavy (non-hydrogen) atoms. The molecule has 4 saturated carbocycles. The SMILES string of the molecule is CC(C)(C)OC(=O)NCCC[C@H](NC(=O)OCC1c2ccccc2-c2ccccc21)c1nc(C23CC4CC(CC(C4)C2)C3)no1. The largest absolute Gasteiger partial charge is 0.449 e. The zero-order valence-corrected chi connectivity index (χ0v) is 26.5. The van der Waals surface area contributed by atoms with Gasteiger partial charge in [-0.3, -0.25) is 0 Å². The maximum atomic E-state index is 13.3. The van der Waals surface area contributed by atoms with E-state index in [0.717, 1.165) is 54.0 Å². The van der Waals surface area contributed by atoms with Crippen LogP contribution in [0.3, 0.4) is 0 Å². The van der Waals surface area contributed by atoms with Gasteiger partial charge < -0.3 is 24.6 Å². The van der Waals surface area contributed by atoms with E-state index in [9.17, 15) is 9.59 Å². The fourth-order valence-corrected chi connectivity index (χ4v) is 8.83. The molecule has 9 nitrogen and oxygen atoms in total. The van der Waals surface area contributed by atoms with Gasteiger partial charge in [-0.15, -0.1) is 0 Å². The second kappa shape index (κ2) is 11.8. The first-order valence-corrected chi connectivity index (χ1v) is 16.6. The Morgan fingerprint density at radius 1 is 0.933 bits per heavy atom. The highest BCUT2D eigenvalue weighted by atomic mass is 16.6. The number of benzene rings is 2. The number of amides is 2. The number of nitrogens with zero attached hydrogens (tertiary/aromatic N) is 2. The number of rotatable bonds is 9. The summed E-state index contributed by atoms with van der Waals surface area (Å²) in [7, 11) is 0. The monoisotopic (exact) mass is 612 g/mol. The van der Waals surface area contributed by atoms with Gasteiger partial charge in [-0.2, -0.15) is 4.98 Å². The fraction of sp³-hybridized carbons (Fsp3) is 0.556. The molecule has 5 aliphatic carbocycles. The third-order valence-electron chi connectivity index (χ3n) is 10.2. The first-order chi connectivity index (χ1) is 21.7. The highest BCUT2D eigenvalue weighted by Gasteiger charge is 2.54. The summed E-state index contributed by atoms with van der Waals surface area (Å²) in [5, 5.41) is 10.3. The second-order valence-corrected chi connectivity index (χ2v) is 14.7. The number of carbonyl (C=O) groups is 2. The molecule has 0 radical (unpaired) electrons. The van der Waals surface area contributed by atoms with Crippen LogP contribution in [-0.2, 0) is 14.9 Å². The normalized spacial score (nSPS) is 25.4. The number of hydrogen-bond acceptors (Lipinski definition) is 7. The molecule has 0 saturated heterocycles. The maximum Gasteiger partial charge on any atom is 0.407 e. The van der Waals surface area contributed by atoms with Crippen LogP contribution < -0.4 is 10.6 Å². The van der Waals surface area contributed by atoms with Gasteiger partial charge in [0, 0.05) is 17.9 Å². The lowest BCUT2D eigenvalue weighted by molar-refractivity contribution is -0.0103. The summed E-state index contributed by atoms with van der Waals surface area (Å²) in [5.41, 5.74) is 4.10. The minimum atomic E-state index is -0.574. The van der Waals surface area contributed by atoms with Crippen molar-refractivity contribution in [3.05, 3.63) is 71.4 Å². The first kappa shape index (κ1) is 29.8. The summed E-state index contributed by atoms with van der Waals surface area (Å²) < 4.78 is 17.1. The van der Waals surface area contributed by atoms with Crippen LogP contribution in [-0.4, -0.2) is 41.1 Å². The summed E-state index contributed by atoms with van der Waals surface area (Å²) in [6.07, 6.45) is 7.45. The molecule has 2 N–H and O–H groups in total. The van der Waals surface area contributed by atoms with Gasteiger partial charge in [0.05, 0.1) is 0 Å². The number of ether oxygens (including phenoxy) is 2. The van der Waals surface area contributed by atoms with E-state index >= 15 is 0 Å². The predicted molar refractivity (Wildman–Crippen MR) is 169 cm³/mol. The molecule has 3 aromatic rings. The van der Waals surface area contributed by atoms with E-state index in [4.69, 9.17) is 19.0 Å². The molecule has 5 aliphatic rings. The zero-order valence-electron chi connectivity index (χ0n) is 26.5. The number of fused-ring (bicyclic) bond motifs is 3. The molecule has 4 fully saturated rings. The molecule has 0 aliphatic heterocycles. The number of nitrogens with one attached hydrogen (secondary N) is 2. The Morgan fingerprint density at radius 3 is 2.13 bits per heavy atom. The summed E-state index contributed by atoms with van der Waals surface area (Å²) in [4.78, 5) is 30.5. The summed E-state index contributed by atoms with van der Waals surface area (Å²) in [6, 6.07) is 16.0. The van der Waals surface area contributed by atoms with Crippen LogP contribution in [0.5, 0.6) is 0 Å². The Bertz CT molecular complexity index is 1480. The van der Waals surface area contributed by atoms with Gasteiger partial charge >= 0.3 is 12.2 Å². The molecule has 8 rings (SSSR count). The standard InChI is InChI=1S/C36H44N4O5/c1-35(2,3)44-33(41)37-14-8-13-30(31-39-32(40-45-31)36-18-22-15-23(19-36)17-24(16-22)20-36)38-34(42)43-21-29-27-11-6-4-9-25(27)26-10-5-7-12-28(26)29/h4-7,9-12,22-24,29-30H,8,13-21H2,1-3H3,(H,37,41)(H,38,42)/t22?,23?,24?,30-,36?/m0/s1. The van der Waals surface area contributed by atoms with Crippen molar-refractivity contribution in [2.45, 2.75) is 95.1 Å². The molecule has 1 heterocycles. The topological polar surface area (TPSA) is 116 Å². The lowest BCUT2D eigenvalue weighted by atomic mass is 9.49. The molecular weight excluding hydrogens is 568 g/mol. The Hall–Kier alpha value is -3.88. The van der Waals surface area contributed by atoms with Crippen LogP contribution in [0.1, 0.15) is 107 Å². The van der Waals surface area contributed by atoms with E-state index in [1.807, 2.05) is 45.0 Å². The van der Waals surface area contributed by atoms with Gasteiger partial charge in [0.15, 0.2) is 5.82 Å². The summed E-state index contributed by atoms with van der Waals surface area (Å²) >= 11 is 0. The van der Waals surface area contributed by atoms with Crippen molar-refractivity contribution in [1.82, 2.24) is 20.8 Å². The lowest BCUT2D eigenvalue weighted by Gasteiger charge is -2.55. The highest BCUT2D eigenvalue weighted by Crippen LogP contribution is 2.60. The van der Waals surface area contributed by atoms with Crippen molar-refractivity contribution >= 4 is 12.2 Å². The Morgan fingerprint density at radius 2 is 1.53 bits per heavy atom. The Labute approximate surface area is 264 Å². The minimum absolute atomic E-state index is 0.0108. The van der Waals surface area contributed by atoms with Crippen molar-refractivity contribution in [1.29, 1.82) is 0 Å². The minimum Gasteiger partial charge on any atom is -0.449 e. The molecule has 0 spiro atoms. The van der Waals surface area contributed by atoms with E-state index in [0.29, 0.717) is 25.3 Å². The number of carbonyl (C=O) groups excluding carboxylic acids is 2. The Balaban J connectivity index is 1.04. The number of aromatic nitrogens is 2. The van der Waals surface area contributed by atoms with Crippen LogP contribution >= 0.6 is 0 Å². The van der Waals surface area contributed by atoms with E-state index in [2.05, 4.69) is 40.1 Å². The molecule has 2 aromatic carbocycles. The smallest absolute Gasteiger partial charge is 0.407 e. The van der Waals surface area contributed by atoms with Crippen LogP contribution in [0.2, 0.25) is 0 Å². The summed E-state index contributed by atoms with van der Waals surface area (Å²) in [5.74, 6) is 3.42. The molecular formula is C36H44N4O5. The van der Waals surface area contributed by atoms with Crippen molar-refractivity contribution in [2.24, 2.45) is 17.8 Å². The molecule has 238 valence electrons. The van der Waals surface area contributed by atoms with Gasteiger partial charge in [0.2, 0.25) is 5.89 Å². The molecule has 1 atom stereocenters. The third-order valence-corrected chi connectivity index (χ3v) is 10.2. The number of hydrogen-bond donors (Lipinski definition) is 2. The van der Waals surface area contributed by atoms with E-state index in [1.54, 1.807) is 0 Å². The van der Waals surface area contributed by atoms with E-state index in [-0.39, 0.29) is 17.9 Å². The second-order valence-electron chi connectivity index (χ2n) is 14.7. The van der Waals surface area contributed by atoms with Gasteiger partial charge in [-0.05, 0) is 112 Å². The van der Waals surface area contributed by atoms with Gasteiger partial charge in [0.25, 0.3) is 0 Å². The van der Waals surface area contributed by atoms with Crippen molar-refractivity contribution in [3.8, 4) is 11.1 Å². The molecule has 2 amide bonds. The molecule has 4 bridgehead atoms. The first-order valence-electron chi connectivity index (χ1n) is 16.6. The predicted octanol–water partition coefficient (Wildman–Crippen LogP) is 7.42. The van der Waals surface area contributed by atoms with Crippen LogP contribution in [0.25, 0.3) is 11.1 Å². The van der Waals surface area contributed by atoms with E-state index < -0.39 is 23.8 Å². The molecule has 1 aromatic heterocycles. The van der Waals surface area contributed by atoms with Gasteiger partial charge in [0.1, 0.15) is 18.2 Å². The highest BCUT2D eigenvalue weighted by molar-refractivity contribution is 5.79. The van der Waals surface area contributed by atoms with Crippen molar-refractivity contribution in [3.63, 3.8) is 0 Å². The average molecular weight is 613 g/mol. The van der Waals surface area contributed by atoms with Gasteiger partial charge in [-0.25, -0.2) is 9.59 Å². The van der Waals surface area contributed by atoms with Crippen molar-refractivity contribution < 1.29 is 23.6 Å². The van der Waals surface area contributed by atoms with E-state index in [1.165, 1.54) is 30.4 Å². The van der Waals surface area contributed by atoms with Crippen LogP contribution in [0.4, 0.5) is 9.59 Å². The zero-order chi connectivity index (χ0) is 31.2. The quantitative estimate of drug-likeness (QED) is 0.242. The molecule has 0 unspecified atom stereocenters. The third kappa shape index (κ3) is 6.18. The van der Waals surface area contributed by atoms with Gasteiger partial charge in [-0.1, -0.05) is 53.7 Å². The van der Waals surface area contributed by atoms with Crippen molar-refractivity contribution in [2.75, 3.05) is 13.2 Å². The van der Waals surface area contributed by atoms with Crippen LogP contribution in [0, 0.1) is 17.8 Å². The fourth-order valence-electron chi connectivity index (χ4n) is 8.83. The summed E-state index contributed by atoms with van der Waals surface area (Å²) in [6.45, 7) is 6.09. The maximum absolute atomic E-state index is 13.3. The lowest BCUT2D eigenvalue weighted by Crippen LogP contribution is -2.49. The van der Waals surface area contributed by atoms with Crippen LogP contribution in [0.15, 0.2) is 53.1 Å². The number of alkyl carbamates (subject to hydrolysis) is 2. The average Bonchev–Trinajstić information content (AvgIpc) is 3.61.